The zero-order valence-electron chi connectivity index (χ0n) is 11.7. The molecule has 110 valence electrons. The fraction of sp³-hybridized carbons (Fsp3) is 0.429. The van der Waals surface area contributed by atoms with Crippen molar-refractivity contribution < 1.29 is 14.7 Å². The fourth-order valence-electron chi connectivity index (χ4n) is 1.57. The standard InChI is InChI=1S/C14H20N2O3S/c1-10(20-2)6-7-15-14(19)16-9-11-4-3-5-12(8-11)13(17)18/h3-5,8,10H,6-7,9H2,1-2H3,(H,17,18)(H2,15,16,19). The van der Waals surface area contributed by atoms with E-state index in [1.54, 1.807) is 30.0 Å². The Morgan fingerprint density at radius 2 is 2.10 bits per heavy atom. The Labute approximate surface area is 123 Å². The molecule has 1 atom stereocenters. The predicted molar refractivity (Wildman–Crippen MR) is 81.2 cm³/mol. The third-order valence-electron chi connectivity index (χ3n) is 2.87. The van der Waals surface area contributed by atoms with E-state index in [-0.39, 0.29) is 11.6 Å². The minimum Gasteiger partial charge on any atom is -0.478 e. The molecule has 1 aromatic rings. The van der Waals surface area contributed by atoms with E-state index in [0.717, 1.165) is 12.0 Å². The minimum absolute atomic E-state index is 0.221. The lowest BCUT2D eigenvalue weighted by atomic mass is 10.1. The minimum atomic E-state index is -0.970. The van der Waals surface area contributed by atoms with E-state index in [4.69, 9.17) is 5.11 Å². The molecule has 0 saturated heterocycles. The molecule has 0 bridgehead atoms. The van der Waals surface area contributed by atoms with E-state index in [9.17, 15) is 9.59 Å². The van der Waals surface area contributed by atoms with Crippen LogP contribution in [0.15, 0.2) is 24.3 Å². The molecule has 0 saturated carbocycles. The number of thioether (sulfide) groups is 1. The lowest BCUT2D eigenvalue weighted by Gasteiger charge is -2.10. The van der Waals surface area contributed by atoms with Crippen LogP contribution in [0.25, 0.3) is 0 Å². The summed E-state index contributed by atoms with van der Waals surface area (Å²) in [7, 11) is 0. The number of amides is 2. The summed E-state index contributed by atoms with van der Waals surface area (Å²) in [4.78, 5) is 22.4. The molecule has 5 nitrogen and oxygen atoms in total. The van der Waals surface area contributed by atoms with Crippen molar-refractivity contribution in [1.82, 2.24) is 10.6 Å². The summed E-state index contributed by atoms with van der Waals surface area (Å²) >= 11 is 1.76. The van der Waals surface area contributed by atoms with Gasteiger partial charge in [-0.1, -0.05) is 19.1 Å². The van der Waals surface area contributed by atoms with Gasteiger partial charge in [0, 0.05) is 18.3 Å². The maximum absolute atomic E-state index is 11.6. The van der Waals surface area contributed by atoms with Gasteiger partial charge < -0.3 is 15.7 Å². The van der Waals surface area contributed by atoms with Crippen molar-refractivity contribution in [3.05, 3.63) is 35.4 Å². The van der Waals surface area contributed by atoms with E-state index in [0.29, 0.717) is 18.3 Å². The van der Waals surface area contributed by atoms with Gasteiger partial charge in [0.25, 0.3) is 0 Å². The molecule has 6 heteroatoms. The van der Waals surface area contributed by atoms with Crippen LogP contribution in [0.5, 0.6) is 0 Å². The Bertz CT molecular complexity index is 465. The summed E-state index contributed by atoms with van der Waals surface area (Å²) in [5, 5.41) is 14.9. The Balaban J connectivity index is 2.34. The van der Waals surface area contributed by atoms with Crippen molar-refractivity contribution in [2.45, 2.75) is 25.1 Å². The quantitative estimate of drug-likeness (QED) is 0.721. The van der Waals surface area contributed by atoms with E-state index < -0.39 is 5.97 Å². The maximum Gasteiger partial charge on any atom is 0.335 e. The Morgan fingerprint density at radius 3 is 2.75 bits per heavy atom. The maximum atomic E-state index is 11.6. The van der Waals surface area contributed by atoms with Gasteiger partial charge in [-0.3, -0.25) is 0 Å². The van der Waals surface area contributed by atoms with Crippen LogP contribution in [0, 0.1) is 0 Å². The second kappa shape index (κ2) is 8.47. The number of carboxylic acid groups (broad SMARTS) is 1. The summed E-state index contributed by atoms with van der Waals surface area (Å²) in [5.74, 6) is -0.970. The van der Waals surface area contributed by atoms with Crippen LogP contribution in [-0.4, -0.2) is 35.2 Å². The van der Waals surface area contributed by atoms with Gasteiger partial charge in [-0.25, -0.2) is 9.59 Å². The van der Waals surface area contributed by atoms with Crippen LogP contribution >= 0.6 is 11.8 Å². The first-order valence-electron chi connectivity index (χ1n) is 6.39. The van der Waals surface area contributed by atoms with Crippen LogP contribution in [0.1, 0.15) is 29.3 Å². The van der Waals surface area contributed by atoms with E-state index in [1.807, 2.05) is 6.26 Å². The van der Waals surface area contributed by atoms with Gasteiger partial charge in [-0.2, -0.15) is 11.8 Å². The number of benzene rings is 1. The first-order chi connectivity index (χ1) is 9.52. The van der Waals surface area contributed by atoms with Gasteiger partial charge in [0.1, 0.15) is 0 Å². The molecule has 2 amide bonds. The van der Waals surface area contributed by atoms with Gasteiger partial charge in [-0.05, 0) is 30.4 Å². The molecule has 0 heterocycles. The summed E-state index contributed by atoms with van der Waals surface area (Å²) in [6.45, 7) is 3.05. The van der Waals surface area contributed by atoms with Crippen molar-refractivity contribution in [2.24, 2.45) is 0 Å². The highest BCUT2D eigenvalue weighted by molar-refractivity contribution is 7.99. The first-order valence-corrected chi connectivity index (χ1v) is 7.68. The highest BCUT2D eigenvalue weighted by atomic mass is 32.2. The average molecular weight is 296 g/mol. The number of urea groups is 1. The highest BCUT2D eigenvalue weighted by Crippen LogP contribution is 2.08. The van der Waals surface area contributed by atoms with E-state index in [2.05, 4.69) is 17.6 Å². The number of carbonyl (C=O) groups excluding carboxylic acids is 1. The second-order valence-electron chi connectivity index (χ2n) is 4.45. The Morgan fingerprint density at radius 1 is 1.35 bits per heavy atom. The predicted octanol–water partition coefficient (Wildman–Crippen LogP) is 2.33. The molecule has 0 radical (unpaired) electrons. The number of carbonyl (C=O) groups is 2. The largest absolute Gasteiger partial charge is 0.478 e. The normalized spacial score (nSPS) is 11.7. The number of aromatic carboxylic acids is 1. The zero-order valence-corrected chi connectivity index (χ0v) is 12.5. The third kappa shape index (κ3) is 5.97. The zero-order chi connectivity index (χ0) is 15.0. The van der Waals surface area contributed by atoms with Gasteiger partial charge in [0.2, 0.25) is 0 Å². The van der Waals surface area contributed by atoms with Crippen LogP contribution < -0.4 is 10.6 Å². The lowest BCUT2D eigenvalue weighted by Crippen LogP contribution is -2.36. The molecule has 1 rings (SSSR count). The Kier molecular flexibility index (Phi) is 6.93. The molecule has 1 aromatic carbocycles. The van der Waals surface area contributed by atoms with E-state index in [1.165, 1.54) is 6.07 Å². The molecule has 0 aliphatic heterocycles. The molecular formula is C14H20N2O3S. The van der Waals surface area contributed by atoms with Crippen LogP contribution in [0.3, 0.4) is 0 Å². The third-order valence-corrected chi connectivity index (χ3v) is 3.91. The summed E-state index contributed by atoms with van der Waals surface area (Å²) in [6, 6.07) is 6.29. The number of hydrogen-bond acceptors (Lipinski definition) is 3. The van der Waals surface area contributed by atoms with Gasteiger partial charge in [-0.15, -0.1) is 0 Å². The van der Waals surface area contributed by atoms with Crippen molar-refractivity contribution in [3.63, 3.8) is 0 Å². The van der Waals surface area contributed by atoms with Crippen molar-refractivity contribution >= 4 is 23.8 Å². The molecular weight excluding hydrogens is 276 g/mol. The van der Waals surface area contributed by atoms with Crippen LogP contribution in [0.2, 0.25) is 0 Å². The molecule has 0 fully saturated rings. The molecule has 20 heavy (non-hydrogen) atoms. The summed E-state index contributed by atoms with van der Waals surface area (Å²) in [6.07, 6.45) is 2.96. The SMILES string of the molecule is CSC(C)CCNC(=O)NCc1cccc(C(=O)O)c1. The Hall–Kier alpha value is -1.69. The lowest BCUT2D eigenvalue weighted by molar-refractivity contribution is 0.0696. The number of carboxylic acids is 1. The first kappa shape index (κ1) is 16.4. The van der Waals surface area contributed by atoms with E-state index >= 15 is 0 Å². The molecule has 1 unspecified atom stereocenters. The molecule has 3 N–H and O–H groups in total. The summed E-state index contributed by atoms with van der Waals surface area (Å²) < 4.78 is 0. The average Bonchev–Trinajstić information content (AvgIpc) is 2.45. The van der Waals surface area contributed by atoms with Crippen LogP contribution in [-0.2, 0) is 6.54 Å². The molecule has 0 aliphatic carbocycles. The van der Waals surface area contributed by atoms with Crippen molar-refractivity contribution in [2.75, 3.05) is 12.8 Å². The van der Waals surface area contributed by atoms with Gasteiger partial charge in [0.15, 0.2) is 0 Å². The number of rotatable bonds is 7. The van der Waals surface area contributed by atoms with Crippen LogP contribution in [0.4, 0.5) is 4.79 Å². The van der Waals surface area contributed by atoms with Gasteiger partial charge >= 0.3 is 12.0 Å². The molecule has 0 aliphatic rings. The van der Waals surface area contributed by atoms with Crippen molar-refractivity contribution in [1.29, 1.82) is 0 Å². The number of nitrogens with one attached hydrogen (secondary N) is 2. The highest BCUT2D eigenvalue weighted by Gasteiger charge is 2.05. The summed E-state index contributed by atoms with van der Waals surface area (Å²) in [5.41, 5.74) is 0.982. The fourth-order valence-corrected chi connectivity index (χ4v) is 1.92. The monoisotopic (exact) mass is 296 g/mol. The topological polar surface area (TPSA) is 78.4 Å². The van der Waals surface area contributed by atoms with Gasteiger partial charge in [0.05, 0.1) is 5.56 Å². The second-order valence-corrected chi connectivity index (χ2v) is 5.73. The molecule has 0 aromatic heterocycles. The number of hydrogen-bond donors (Lipinski definition) is 3. The molecule has 0 spiro atoms. The smallest absolute Gasteiger partial charge is 0.335 e. The van der Waals surface area contributed by atoms with Crippen molar-refractivity contribution in [3.8, 4) is 0 Å².